The van der Waals surface area contributed by atoms with Crippen molar-refractivity contribution in [2.24, 2.45) is 0 Å². The van der Waals surface area contributed by atoms with Crippen LogP contribution in [0, 0.1) is 0 Å². The molecule has 90 valence electrons. The zero-order valence-corrected chi connectivity index (χ0v) is 10.5. The van der Waals surface area contributed by atoms with Crippen molar-refractivity contribution in [1.82, 2.24) is 10.3 Å². The Hall–Kier alpha value is -0.640. The normalized spacial score (nSPS) is 14.8. The smallest absolute Gasteiger partial charge is 0.129 e. The number of nitrogens with zero attached hydrogens (tertiary/aromatic N) is 1. The van der Waals surface area contributed by atoms with E-state index in [-0.39, 0.29) is 12.1 Å². The number of pyridine rings is 1. The number of hydrogen-bond acceptors (Lipinski definition) is 3. The first-order chi connectivity index (χ1) is 7.63. The highest BCUT2D eigenvalue weighted by Crippen LogP contribution is 2.13. The molecule has 0 bridgehead atoms. The first-order valence-corrected chi connectivity index (χ1v) is 6.04. The van der Waals surface area contributed by atoms with Gasteiger partial charge in [-0.2, -0.15) is 0 Å². The minimum atomic E-state index is -0.271. The third kappa shape index (κ3) is 4.47. The second kappa shape index (κ2) is 6.84. The van der Waals surface area contributed by atoms with Crippen LogP contribution in [0.2, 0.25) is 5.15 Å². The molecule has 0 radical (unpaired) electrons. The fourth-order valence-electron chi connectivity index (χ4n) is 1.51. The maximum atomic E-state index is 9.59. The predicted molar refractivity (Wildman–Crippen MR) is 66.6 cm³/mol. The van der Waals surface area contributed by atoms with E-state index in [1.165, 1.54) is 0 Å². The fraction of sp³-hybridized carbons (Fsp3) is 0.583. The molecule has 0 spiro atoms. The van der Waals surface area contributed by atoms with Crippen molar-refractivity contribution < 1.29 is 5.11 Å². The van der Waals surface area contributed by atoms with Crippen molar-refractivity contribution in [3.63, 3.8) is 0 Å². The quantitative estimate of drug-likeness (QED) is 0.754. The van der Waals surface area contributed by atoms with Gasteiger partial charge in [-0.3, -0.25) is 0 Å². The molecule has 16 heavy (non-hydrogen) atoms. The predicted octanol–water partition coefficient (Wildman–Crippen LogP) is 2.55. The van der Waals surface area contributed by atoms with E-state index < -0.39 is 0 Å². The van der Waals surface area contributed by atoms with Crippen molar-refractivity contribution in [2.45, 2.75) is 38.8 Å². The van der Waals surface area contributed by atoms with E-state index in [2.05, 4.69) is 17.2 Å². The van der Waals surface area contributed by atoms with Crippen LogP contribution in [0.4, 0.5) is 0 Å². The molecule has 1 aromatic heterocycles. The highest BCUT2D eigenvalue weighted by molar-refractivity contribution is 6.29. The molecule has 0 aliphatic rings. The summed E-state index contributed by atoms with van der Waals surface area (Å²) in [6.07, 6.45) is 3.32. The molecule has 2 atom stereocenters. The van der Waals surface area contributed by atoms with Gasteiger partial charge in [0.25, 0.3) is 0 Å². The lowest BCUT2D eigenvalue weighted by molar-refractivity contribution is 0.157. The Balaban J connectivity index is 2.40. The Morgan fingerprint density at radius 1 is 1.50 bits per heavy atom. The summed E-state index contributed by atoms with van der Waals surface area (Å²) in [5, 5.41) is 13.4. The van der Waals surface area contributed by atoms with E-state index in [4.69, 9.17) is 11.6 Å². The number of aliphatic hydroxyl groups excluding tert-OH is 1. The highest BCUT2D eigenvalue weighted by atomic mass is 35.5. The second-order valence-electron chi connectivity index (χ2n) is 3.99. The molecule has 0 fully saturated rings. The van der Waals surface area contributed by atoms with Crippen molar-refractivity contribution in [3.8, 4) is 0 Å². The molecular formula is C12H19ClN2O. The first kappa shape index (κ1) is 13.4. The van der Waals surface area contributed by atoms with Gasteiger partial charge in [0.15, 0.2) is 0 Å². The summed E-state index contributed by atoms with van der Waals surface area (Å²) >= 11 is 5.71. The van der Waals surface area contributed by atoms with Crippen LogP contribution in [0.3, 0.4) is 0 Å². The third-order valence-electron chi connectivity index (χ3n) is 2.53. The van der Waals surface area contributed by atoms with Gasteiger partial charge in [0.2, 0.25) is 0 Å². The van der Waals surface area contributed by atoms with Crippen LogP contribution in [-0.2, 0) is 0 Å². The van der Waals surface area contributed by atoms with Gasteiger partial charge in [0.05, 0.1) is 6.10 Å². The van der Waals surface area contributed by atoms with E-state index in [0.29, 0.717) is 11.7 Å². The fourth-order valence-corrected chi connectivity index (χ4v) is 1.62. The highest BCUT2D eigenvalue weighted by Gasteiger charge is 2.08. The first-order valence-electron chi connectivity index (χ1n) is 5.66. The molecular weight excluding hydrogens is 224 g/mol. The number of halogens is 1. The Kier molecular flexibility index (Phi) is 5.74. The molecule has 3 nitrogen and oxygen atoms in total. The summed E-state index contributed by atoms with van der Waals surface area (Å²) in [6, 6.07) is 3.90. The van der Waals surface area contributed by atoms with Gasteiger partial charge in [-0.25, -0.2) is 4.98 Å². The zero-order valence-electron chi connectivity index (χ0n) is 9.78. The number of hydrogen-bond donors (Lipinski definition) is 2. The van der Waals surface area contributed by atoms with Crippen LogP contribution in [0.1, 0.15) is 38.3 Å². The summed E-state index contributed by atoms with van der Waals surface area (Å²) in [5.41, 5.74) is 1.08. The van der Waals surface area contributed by atoms with Gasteiger partial charge < -0.3 is 10.4 Å². The van der Waals surface area contributed by atoms with Crippen molar-refractivity contribution >= 4 is 11.6 Å². The topological polar surface area (TPSA) is 45.1 Å². The summed E-state index contributed by atoms with van der Waals surface area (Å²) in [6.45, 7) is 4.72. The lowest BCUT2D eigenvalue weighted by atomic mass is 10.1. The largest absolute Gasteiger partial charge is 0.392 e. The second-order valence-corrected chi connectivity index (χ2v) is 4.37. The van der Waals surface area contributed by atoms with E-state index in [9.17, 15) is 5.11 Å². The third-order valence-corrected chi connectivity index (χ3v) is 2.76. The van der Waals surface area contributed by atoms with Crippen LogP contribution in [0.5, 0.6) is 0 Å². The Morgan fingerprint density at radius 3 is 2.81 bits per heavy atom. The minimum Gasteiger partial charge on any atom is -0.392 e. The molecule has 1 rings (SSSR count). The van der Waals surface area contributed by atoms with Gasteiger partial charge in [0, 0.05) is 18.8 Å². The maximum absolute atomic E-state index is 9.59. The summed E-state index contributed by atoms with van der Waals surface area (Å²) in [7, 11) is 0. The average molecular weight is 243 g/mol. The van der Waals surface area contributed by atoms with E-state index in [0.717, 1.165) is 18.4 Å². The Morgan fingerprint density at radius 2 is 2.25 bits per heavy atom. The summed E-state index contributed by atoms with van der Waals surface area (Å²) in [5.74, 6) is 0. The number of rotatable bonds is 6. The van der Waals surface area contributed by atoms with Gasteiger partial charge in [-0.1, -0.05) is 31.0 Å². The standard InChI is InChI=1S/C12H19ClN2O/c1-3-4-11(16)8-14-9(2)10-5-6-12(13)15-7-10/h5-7,9,11,14,16H,3-4,8H2,1-2H3. The maximum Gasteiger partial charge on any atom is 0.129 e. The van der Waals surface area contributed by atoms with E-state index in [1.807, 2.05) is 13.0 Å². The van der Waals surface area contributed by atoms with E-state index in [1.54, 1.807) is 12.3 Å². The number of aliphatic hydroxyl groups is 1. The van der Waals surface area contributed by atoms with Gasteiger partial charge in [-0.15, -0.1) is 0 Å². The van der Waals surface area contributed by atoms with Crippen molar-refractivity contribution in [2.75, 3.05) is 6.54 Å². The molecule has 1 aromatic rings. The van der Waals surface area contributed by atoms with Crippen molar-refractivity contribution in [1.29, 1.82) is 0 Å². The van der Waals surface area contributed by atoms with Gasteiger partial charge in [0.1, 0.15) is 5.15 Å². The van der Waals surface area contributed by atoms with Crippen LogP contribution < -0.4 is 5.32 Å². The number of nitrogens with one attached hydrogen (secondary N) is 1. The van der Waals surface area contributed by atoms with Crippen molar-refractivity contribution in [3.05, 3.63) is 29.0 Å². The lowest BCUT2D eigenvalue weighted by Gasteiger charge is -2.16. The van der Waals surface area contributed by atoms with Crippen LogP contribution in [-0.4, -0.2) is 22.7 Å². The van der Waals surface area contributed by atoms with Crippen LogP contribution in [0.25, 0.3) is 0 Å². The molecule has 2 unspecified atom stereocenters. The molecule has 0 saturated carbocycles. The number of aromatic nitrogens is 1. The molecule has 0 amide bonds. The molecule has 2 N–H and O–H groups in total. The average Bonchev–Trinajstić information content (AvgIpc) is 2.27. The summed E-state index contributed by atoms with van der Waals surface area (Å²) in [4.78, 5) is 4.03. The summed E-state index contributed by atoms with van der Waals surface area (Å²) < 4.78 is 0. The lowest BCUT2D eigenvalue weighted by Crippen LogP contribution is -2.29. The van der Waals surface area contributed by atoms with Gasteiger partial charge >= 0.3 is 0 Å². The SMILES string of the molecule is CCCC(O)CNC(C)c1ccc(Cl)nc1. The van der Waals surface area contributed by atoms with Crippen LogP contribution >= 0.6 is 11.6 Å². The van der Waals surface area contributed by atoms with Crippen LogP contribution in [0.15, 0.2) is 18.3 Å². The molecule has 1 heterocycles. The minimum absolute atomic E-state index is 0.177. The van der Waals surface area contributed by atoms with E-state index >= 15 is 0 Å². The molecule has 0 aromatic carbocycles. The molecule has 0 saturated heterocycles. The molecule has 4 heteroatoms. The Bertz CT molecular complexity index is 302. The molecule has 0 aliphatic carbocycles. The monoisotopic (exact) mass is 242 g/mol. The molecule has 0 aliphatic heterocycles. The Labute approximate surface area is 102 Å². The zero-order chi connectivity index (χ0) is 12.0. The van der Waals surface area contributed by atoms with Gasteiger partial charge in [-0.05, 0) is 25.0 Å².